The topological polar surface area (TPSA) is 159 Å². The summed E-state index contributed by atoms with van der Waals surface area (Å²) >= 11 is 0. The lowest BCUT2D eigenvalue weighted by Gasteiger charge is -2.39. The van der Waals surface area contributed by atoms with Crippen LogP contribution in [0.3, 0.4) is 0 Å². The van der Waals surface area contributed by atoms with Crippen molar-refractivity contribution in [1.29, 1.82) is 0 Å². The van der Waals surface area contributed by atoms with Gasteiger partial charge in [-0.15, -0.1) is 0 Å². The Hall–Kier alpha value is -3.28. The summed E-state index contributed by atoms with van der Waals surface area (Å²) in [4.78, 5) is 24.9. The first-order valence-corrected chi connectivity index (χ1v) is 10.2. The Morgan fingerprint density at radius 3 is 2.48 bits per heavy atom. The first-order valence-electron chi connectivity index (χ1n) is 10.2. The minimum absolute atomic E-state index is 0.0293. The zero-order chi connectivity index (χ0) is 23.7. The lowest BCUT2D eigenvalue weighted by molar-refractivity contribution is -0.277. The quantitative estimate of drug-likeness (QED) is 0.345. The lowest BCUT2D eigenvalue weighted by atomic mass is 9.99. The predicted molar refractivity (Wildman–Crippen MR) is 116 cm³/mol. The Morgan fingerprint density at radius 2 is 1.79 bits per heavy atom. The third kappa shape index (κ3) is 4.47. The van der Waals surface area contributed by atoms with Crippen molar-refractivity contribution in [1.82, 2.24) is 0 Å². The molecule has 4 rings (SSSR count). The van der Waals surface area contributed by atoms with E-state index in [9.17, 15) is 30.0 Å². The average molecular weight is 457 g/mol. The molecule has 2 heterocycles. The first kappa shape index (κ1) is 22.9. The molecule has 1 fully saturated rings. The minimum Gasteiger partial charge on any atom is -0.462 e. The maximum Gasteiger partial charge on any atom is 0.360 e. The zero-order valence-electron chi connectivity index (χ0n) is 17.5. The van der Waals surface area contributed by atoms with Gasteiger partial charge >= 0.3 is 5.63 Å². The molecular formula is C23H23NO9. The van der Waals surface area contributed by atoms with E-state index in [1.54, 1.807) is 49.4 Å². The highest BCUT2D eigenvalue weighted by molar-refractivity contribution is 6.04. The maximum atomic E-state index is 12.5. The molecule has 0 radical (unpaired) electrons. The van der Waals surface area contributed by atoms with Gasteiger partial charge in [-0.3, -0.25) is 4.79 Å². The van der Waals surface area contributed by atoms with Crippen LogP contribution in [0.15, 0.2) is 57.7 Å². The van der Waals surface area contributed by atoms with E-state index in [1.807, 2.05) is 0 Å². The number of nitrogens with one attached hydrogen (secondary N) is 1. The molecule has 0 saturated carbocycles. The monoisotopic (exact) mass is 457 g/mol. The normalized spacial score (nSPS) is 25.1. The van der Waals surface area contributed by atoms with Crippen molar-refractivity contribution in [2.24, 2.45) is 0 Å². The Bertz CT molecular complexity index is 1210. The van der Waals surface area contributed by atoms with Gasteiger partial charge in [0.25, 0.3) is 5.91 Å². The van der Waals surface area contributed by atoms with Gasteiger partial charge in [0, 0.05) is 16.5 Å². The highest BCUT2D eigenvalue weighted by atomic mass is 16.7. The van der Waals surface area contributed by atoms with Crippen LogP contribution in [-0.4, -0.2) is 63.6 Å². The molecule has 5 N–H and O–H groups in total. The Kier molecular flexibility index (Phi) is 6.45. The van der Waals surface area contributed by atoms with Crippen LogP contribution in [0.25, 0.3) is 11.0 Å². The maximum absolute atomic E-state index is 12.5. The number of anilines is 1. The summed E-state index contributed by atoms with van der Waals surface area (Å²) in [5.74, 6) is -0.266. The molecule has 0 bridgehead atoms. The van der Waals surface area contributed by atoms with Crippen LogP contribution in [0.1, 0.15) is 15.9 Å². The van der Waals surface area contributed by atoms with E-state index in [2.05, 4.69) is 5.32 Å². The van der Waals surface area contributed by atoms with E-state index in [4.69, 9.17) is 13.9 Å². The van der Waals surface area contributed by atoms with Gasteiger partial charge in [0.2, 0.25) is 6.29 Å². The van der Waals surface area contributed by atoms with Gasteiger partial charge in [-0.25, -0.2) is 4.79 Å². The second-order valence-electron chi connectivity index (χ2n) is 7.69. The second-order valence-corrected chi connectivity index (χ2v) is 7.69. The number of rotatable bonds is 5. The van der Waals surface area contributed by atoms with E-state index in [0.717, 1.165) is 0 Å². The van der Waals surface area contributed by atoms with Crippen molar-refractivity contribution >= 4 is 22.6 Å². The molecule has 33 heavy (non-hydrogen) atoms. The van der Waals surface area contributed by atoms with E-state index < -0.39 is 48.8 Å². The highest BCUT2D eigenvalue weighted by Gasteiger charge is 2.44. The summed E-state index contributed by atoms with van der Waals surface area (Å²) in [5.41, 5.74) is 0.192. The molecule has 3 aromatic rings. The molecule has 10 heteroatoms. The molecule has 1 aliphatic rings. The van der Waals surface area contributed by atoms with Crippen LogP contribution in [0.5, 0.6) is 5.75 Å². The Labute approximate surface area is 187 Å². The zero-order valence-corrected chi connectivity index (χ0v) is 17.5. The number of carbonyl (C=O) groups excluding carboxylic acids is 1. The second kappa shape index (κ2) is 9.30. The molecule has 1 aromatic heterocycles. The number of aliphatic hydroxyl groups excluding tert-OH is 4. The van der Waals surface area contributed by atoms with Gasteiger partial charge in [0.15, 0.2) is 0 Å². The van der Waals surface area contributed by atoms with Gasteiger partial charge in [-0.05, 0) is 37.3 Å². The minimum atomic E-state index is -1.59. The lowest BCUT2D eigenvalue weighted by Crippen LogP contribution is -2.60. The first-order chi connectivity index (χ1) is 15.8. The predicted octanol–water partition coefficient (Wildman–Crippen LogP) is 0.532. The molecule has 1 amide bonds. The number of aliphatic hydroxyl groups is 4. The number of aryl methyl sites for hydroxylation is 1. The van der Waals surface area contributed by atoms with Crippen LogP contribution in [0, 0.1) is 6.92 Å². The number of hydrogen-bond donors (Lipinski definition) is 5. The molecular weight excluding hydrogens is 434 g/mol. The van der Waals surface area contributed by atoms with Gasteiger partial charge in [-0.1, -0.05) is 18.2 Å². The highest BCUT2D eigenvalue weighted by Crippen LogP contribution is 2.31. The fourth-order valence-corrected chi connectivity index (χ4v) is 3.59. The Morgan fingerprint density at radius 1 is 1.06 bits per heavy atom. The molecule has 0 aliphatic carbocycles. The van der Waals surface area contributed by atoms with Crippen molar-refractivity contribution in [2.45, 2.75) is 37.6 Å². The SMILES string of the molecule is Cc1c(O[C@@H]2O[C@H](CO)[C@@H](O)[C@H](O)[C@H]2O)ccc2cc(NC(=O)c3ccccc3)c(=O)oc12. The third-order valence-corrected chi connectivity index (χ3v) is 5.48. The Balaban J connectivity index is 1.60. The number of fused-ring (bicyclic) bond motifs is 1. The molecule has 2 aromatic carbocycles. The third-order valence-electron chi connectivity index (χ3n) is 5.48. The number of carbonyl (C=O) groups is 1. The van der Waals surface area contributed by atoms with Crippen LogP contribution in [0.2, 0.25) is 0 Å². The number of benzene rings is 2. The van der Waals surface area contributed by atoms with Gasteiger partial charge < -0.3 is 39.6 Å². The van der Waals surface area contributed by atoms with E-state index in [0.29, 0.717) is 16.5 Å². The van der Waals surface area contributed by atoms with Crippen LogP contribution >= 0.6 is 0 Å². The van der Waals surface area contributed by atoms with Crippen molar-refractivity contribution in [3.8, 4) is 5.75 Å². The number of amides is 1. The van der Waals surface area contributed by atoms with E-state index in [-0.39, 0.29) is 17.0 Å². The molecule has 10 nitrogen and oxygen atoms in total. The standard InChI is InChI=1S/C23H23NO9/c1-11-15(31-23-19(28)18(27)17(26)16(10-25)32-23)8-7-13-9-14(22(30)33-20(11)13)24-21(29)12-5-3-2-4-6-12/h2-9,16-19,23,25-28H,10H2,1H3,(H,24,29)/t16-,17-,18+,19-,23-/m1/s1. The van der Waals surface area contributed by atoms with Crippen molar-refractivity contribution < 1.29 is 39.1 Å². The summed E-state index contributed by atoms with van der Waals surface area (Å²) in [6, 6.07) is 13.0. The fourth-order valence-electron chi connectivity index (χ4n) is 3.59. The van der Waals surface area contributed by atoms with Gasteiger partial charge in [0.05, 0.1) is 6.61 Å². The summed E-state index contributed by atoms with van der Waals surface area (Å²) in [6.45, 7) is 1.03. The largest absolute Gasteiger partial charge is 0.462 e. The van der Waals surface area contributed by atoms with E-state index in [1.165, 1.54) is 6.07 Å². The average Bonchev–Trinajstić information content (AvgIpc) is 2.82. The van der Waals surface area contributed by atoms with Crippen LogP contribution < -0.4 is 15.7 Å². The molecule has 0 unspecified atom stereocenters. The number of hydrogen-bond acceptors (Lipinski definition) is 9. The van der Waals surface area contributed by atoms with Gasteiger partial charge in [-0.2, -0.15) is 0 Å². The van der Waals surface area contributed by atoms with Crippen LogP contribution in [-0.2, 0) is 4.74 Å². The number of ether oxygens (including phenoxy) is 2. The van der Waals surface area contributed by atoms with E-state index >= 15 is 0 Å². The van der Waals surface area contributed by atoms with Crippen molar-refractivity contribution in [3.05, 3.63) is 70.1 Å². The summed E-state index contributed by atoms with van der Waals surface area (Å²) in [7, 11) is 0. The summed E-state index contributed by atoms with van der Waals surface area (Å²) in [5, 5.41) is 42.4. The van der Waals surface area contributed by atoms with Crippen molar-refractivity contribution in [2.75, 3.05) is 11.9 Å². The summed E-state index contributed by atoms with van der Waals surface area (Å²) < 4.78 is 16.4. The molecule has 1 aliphatic heterocycles. The fraction of sp³-hybridized carbons (Fsp3) is 0.304. The molecule has 1 saturated heterocycles. The smallest absolute Gasteiger partial charge is 0.360 e. The molecule has 0 spiro atoms. The van der Waals surface area contributed by atoms with Crippen LogP contribution in [0.4, 0.5) is 5.69 Å². The van der Waals surface area contributed by atoms with Crippen molar-refractivity contribution in [3.63, 3.8) is 0 Å². The molecule has 174 valence electrons. The van der Waals surface area contributed by atoms with Gasteiger partial charge in [0.1, 0.15) is 41.4 Å². The molecule has 5 atom stereocenters. The summed E-state index contributed by atoms with van der Waals surface area (Å²) in [6.07, 6.45) is -7.18.